The quantitative estimate of drug-likeness (QED) is 0.400. The van der Waals surface area contributed by atoms with Crippen molar-refractivity contribution in [3.05, 3.63) is 95.7 Å². The smallest absolute Gasteiger partial charge is 0.321 e. The molecule has 0 saturated heterocycles. The molecule has 0 amide bonds. The van der Waals surface area contributed by atoms with E-state index in [9.17, 15) is 9.90 Å². The van der Waals surface area contributed by atoms with Crippen LogP contribution in [-0.2, 0) is 30.6 Å². The predicted molar refractivity (Wildman–Crippen MR) is 116 cm³/mol. The number of rotatable bonds is 9. The van der Waals surface area contributed by atoms with Gasteiger partial charge < -0.3 is 10.1 Å². The number of H-pyrrole nitrogens is 1. The molecule has 0 aliphatic carbocycles. The van der Waals surface area contributed by atoms with Gasteiger partial charge in [0.1, 0.15) is 11.9 Å². The number of aromatic nitrogens is 3. The summed E-state index contributed by atoms with van der Waals surface area (Å²) in [6.07, 6.45) is 7.48. The van der Waals surface area contributed by atoms with Crippen LogP contribution in [0, 0.1) is 0 Å². The predicted octanol–water partition coefficient (Wildman–Crippen LogP) is 3.53. The maximum absolute atomic E-state index is 11.8. The van der Waals surface area contributed by atoms with Gasteiger partial charge in [0.05, 0.1) is 0 Å². The average Bonchev–Trinajstić information content (AvgIpc) is 3.19. The van der Waals surface area contributed by atoms with Crippen LogP contribution in [0.15, 0.2) is 73.2 Å². The molecule has 0 aliphatic heterocycles. The highest BCUT2D eigenvalue weighted by atomic mass is 16.4. The number of hydrogen-bond acceptors (Lipinski definition) is 4. The molecule has 3 N–H and O–H groups in total. The third-order valence-electron chi connectivity index (χ3n) is 5.19. The minimum absolute atomic E-state index is 0.398. The molecule has 2 aromatic heterocycles. The second-order valence-corrected chi connectivity index (χ2v) is 7.33. The van der Waals surface area contributed by atoms with Crippen molar-refractivity contribution in [1.82, 2.24) is 20.3 Å². The molecule has 2 aromatic carbocycles. The number of para-hydroxylation sites is 1. The molecule has 0 unspecified atom stereocenters. The number of benzene rings is 2. The number of carboxylic acids is 1. The van der Waals surface area contributed by atoms with E-state index in [1.54, 1.807) is 12.4 Å². The summed E-state index contributed by atoms with van der Waals surface area (Å²) >= 11 is 0. The SMILES string of the molecule is O=C(O)[C@H](Cc1c[nH]c2ccccc12)NCc1cnc(CCc2ccccc2)nc1. The normalized spacial score (nSPS) is 12.1. The Hall–Kier alpha value is -3.51. The number of aromatic amines is 1. The van der Waals surface area contributed by atoms with Gasteiger partial charge in [-0.15, -0.1) is 0 Å². The molecule has 2 heterocycles. The maximum atomic E-state index is 11.8. The molecule has 0 bridgehead atoms. The fourth-order valence-corrected chi connectivity index (χ4v) is 3.51. The lowest BCUT2D eigenvalue weighted by atomic mass is 10.0. The zero-order chi connectivity index (χ0) is 20.8. The second kappa shape index (κ2) is 9.33. The molecule has 4 aromatic rings. The summed E-state index contributed by atoms with van der Waals surface area (Å²) in [7, 11) is 0. The van der Waals surface area contributed by atoms with Crippen LogP contribution < -0.4 is 5.32 Å². The first-order valence-electron chi connectivity index (χ1n) is 10.0. The third kappa shape index (κ3) is 4.90. The van der Waals surface area contributed by atoms with Crippen molar-refractivity contribution in [2.24, 2.45) is 0 Å². The topological polar surface area (TPSA) is 90.9 Å². The summed E-state index contributed by atoms with van der Waals surface area (Å²) in [5.41, 5.74) is 4.12. The Kier molecular flexibility index (Phi) is 6.15. The van der Waals surface area contributed by atoms with E-state index in [1.165, 1.54) is 5.56 Å². The third-order valence-corrected chi connectivity index (χ3v) is 5.19. The van der Waals surface area contributed by atoms with E-state index < -0.39 is 12.0 Å². The number of aryl methyl sites for hydroxylation is 2. The molecule has 1 atom stereocenters. The van der Waals surface area contributed by atoms with Gasteiger partial charge in [0.2, 0.25) is 0 Å². The fourth-order valence-electron chi connectivity index (χ4n) is 3.51. The minimum atomic E-state index is -0.874. The summed E-state index contributed by atoms with van der Waals surface area (Å²) in [5.74, 6) is -0.0862. The van der Waals surface area contributed by atoms with Crippen molar-refractivity contribution in [2.75, 3.05) is 0 Å². The minimum Gasteiger partial charge on any atom is -0.480 e. The summed E-state index contributed by atoms with van der Waals surface area (Å²) < 4.78 is 0. The molecule has 6 nitrogen and oxygen atoms in total. The van der Waals surface area contributed by atoms with Gasteiger partial charge in [0.25, 0.3) is 0 Å². The van der Waals surface area contributed by atoms with Gasteiger partial charge in [-0.1, -0.05) is 48.5 Å². The van der Waals surface area contributed by atoms with Crippen molar-refractivity contribution >= 4 is 16.9 Å². The Balaban J connectivity index is 1.34. The van der Waals surface area contributed by atoms with Gasteiger partial charge in [-0.2, -0.15) is 0 Å². The Bertz CT molecular complexity index is 1110. The Morgan fingerprint density at radius 3 is 2.47 bits per heavy atom. The molecule has 0 radical (unpaired) electrons. The fraction of sp³-hybridized carbons (Fsp3) is 0.208. The number of nitrogens with one attached hydrogen (secondary N) is 2. The monoisotopic (exact) mass is 400 g/mol. The number of carboxylic acid groups (broad SMARTS) is 1. The highest BCUT2D eigenvalue weighted by molar-refractivity contribution is 5.84. The van der Waals surface area contributed by atoms with Gasteiger partial charge >= 0.3 is 5.97 Å². The average molecular weight is 400 g/mol. The molecule has 4 rings (SSSR count). The summed E-state index contributed by atoms with van der Waals surface area (Å²) in [6, 6.07) is 17.5. The molecular formula is C24H24N4O2. The Labute approximate surface area is 175 Å². The summed E-state index contributed by atoms with van der Waals surface area (Å²) in [6.45, 7) is 0.401. The van der Waals surface area contributed by atoms with Gasteiger partial charge in [0, 0.05) is 54.4 Å². The van der Waals surface area contributed by atoms with E-state index >= 15 is 0 Å². The standard InChI is InChI=1S/C24H24N4O2/c29-24(30)22(12-19-16-26-21-9-5-4-8-20(19)21)25-13-18-14-27-23(28-15-18)11-10-17-6-2-1-3-7-17/h1-9,14-16,22,25-26H,10-13H2,(H,29,30)/t22-/m0/s1. The van der Waals surface area contributed by atoms with E-state index in [0.717, 1.165) is 40.7 Å². The number of carbonyl (C=O) groups is 1. The van der Waals surface area contributed by atoms with Crippen molar-refractivity contribution in [2.45, 2.75) is 31.8 Å². The molecule has 152 valence electrons. The van der Waals surface area contributed by atoms with Crippen LogP contribution in [0.4, 0.5) is 0 Å². The largest absolute Gasteiger partial charge is 0.480 e. The van der Waals surface area contributed by atoms with E-state index in [1.807, 2.05) is 48.7 Å². The lowest BCUT2D eigenvalue weighted by Crippen LogP contribution is -2.38. The molecular weight excluding hydrogens is 376 g/mol. The van der Waals surface area contributed by atoms with Crippen LogP contribution in [0.2, 0.25) is 0 Å². The van der Waals surface area contributed by atoms with Gasteiger partial charge in [-0.05, 0) is 23.6 Å². The van der Waals surface area contributed by atoms with E-state index in [4.69, 9.17) is 0 Å². The first-order valence-corrected chi connectivity index (χ1v) is 10.0. The van der Waals surface area contributed by atoms with Gasteiger partial charge in [0.15, 0.2) is 0 Å². The first-order chi connectivity index (χ1) is 14.7. The highest BCUT2D eigenvalue weighted by Gasteiger charge is 2.19. The first kappa shape index (κ1) is 19.8. The van der Waals surface area contributed by atoms with Crippen LogP contribution in [0.5, 0.6) is 0 Å². The van der Waals surface area contributed by atoms with Crippen LogP contribution >= 0.6 is 0 Å². The number of hydrogen-bond donors (Lipinski definition) is 3. The second-order valence-electron chi connectivity index (χ2n) is 7.33. The zero-order valence-corrected chi connectivity index (χ0v) is 16.6. The zero-order valence-electron chi connectivity index (χ0n) is 16.6. The summed E-state index contributed by atoms with van der Waals surface area (Å²) in [4.78, 5) is 23.8. The number of fused-ring (bicyclic) bond motifs is 1. The van der Waals surface area contributed by atoms with Crippen LogP contribution in [0.25, 0.3) is 10.9 Å². The molecule has 0 aliphatic rings. The Morgan fingerprint density at radius 2 is 1.70 bits per heavy atom. The highest BCUT2D eigenvalue weighted by Crippen LogP contribution is 2.19. The van der Waals surface area contributed by atoms with Crippen molar-refractivity contribution in [3.8, 4) is 0 Å². The number of aliphatic carboxylic acids is 1. The molecule has 0 saturated carbocycles. The van der Waals surface area contributed by atoms with Crippen LogP contribution in [0.3, 0.4) is 0 Å². The van der Waals surface area contributed by atoms with Crippen LogP contribution in [-0.4, -0.2) is 32.1 Å². The molecule has 0 fully saturated rings. The molecule has 0 spiro atoms. The lowest BCUT2D eigenvalue weighted by Gasteiger charge is -2.14. The lowest BCUT2D eigenvalue weighted by molar-refractivity contribution is -0.139. The van der Waals surface area contributed by atoms with Gasteiger partial charge in [-0.25, -0.2) is 9.97 Å². The molecule has 30 heavy (non-hydrogen) atoms. The Morgan fingerprint density at radius 1 is 0.967 bits per heavy atom. The van der Waals surface area contributed by atoms with Gasteiger partial charge in [-0.3, -0.25) is 10.1 Å². The van der Waals surface area contributed by atoms with E-state index in [0.29, 0.717) is 13.0 Å². The van der Waals surface area contributed by atoms with Crippen LogP contribution in [0.1, 0.15) is 22.5 Å². The van der Waals surface area contributed by atoms with Crippen molar-refractivity contribution < 1.29 is 9.90 Å². The van der Waals surface area contributed by atoms with E-state index in [-0.39, 0.29) is 0 Å². The van der Waals surface area contributed by atoms with Crippen molar-refractivity contribution in [1.29, 1.82) is 0 Å². The summed E-state index contributed by atoms with van der Waals surface area (Å²) in [5, 5.41) is 13.8. The number of nitrogens with zero attached hydrogens (tertiary/aromatic N) is 2. The maximum Gasteiger partial charge on any atom is 0.321 e. The molecule has 6 heteroatoms. The van der Waals surface area contributed by atoms with Crippen molar-refractivity contribution in [3.63, 3.8) is 0 Å². The van der Waals surface area contributed by atoms with E-state index in [2.05, 4.69) is 32.4 Å².